The lowest BCUT2D eigenvalue weighted by atomic mass is 9.83. The number of aliphatic carboxylic acids is 1. The number of hydrogen-bond donors (Lipinski definition) is 3. The average Bonchev–Trinajstić information content (AvgIpc) is 3.02. The van der Waals surface area contributed by atoms with E-state index < -0.39 is 5.97 Å². The van der Waals surface area contributed by atoms with Crippen molar-refractivity contribution in [3.8, 4) is 5.69 Å². The molecule has 0 atom stereocenters. The van der Waals surface area contributed by atoms with E-state index in [1.54, 1.807) is 24.3 Å². The van der Waals surface area contributed by atoms with Gasteiger partial charge in [0.05, 0.1) is 11.7 Å². The topological polar surface area (TPSA) is 127 Å². The summed E-state index contributed by atoms with van der Waals surface area (Å²) in [6, 6.07) is 6.95. The maximum Gasteiger partial charge on any atom is 0.350 e. The first-order valence-corrected chi connectivity index (χ1v) is 8.78. The second kappa shape index (κ2) is 7.55. The highest BCUT2D eigenvalue weighted by Crippen LogP contribution is 2.33. The van der Waals surface area contributed by atoms with Gasteiger partial charge in [-0.15, -0.1) is 0 Å². The zero-order chi connectivity index (χ0) is 18.7. The van der Waals surface area contributed by atoms with Crippen LogP contribution in [-0.4, -0.2) is 31.3 Å². The number of benzene rings is 1. The number of nitrogen functional groups attached to an aromatic ring is 1. The van der Waals surface area contributed by atoms with Gasteiger partial charge in [0, 0.05) is 12.0 Å². The standard InChI is InChI=1S/C18H23N5O3/c19-17(20)13-4-8-14(9-5-13)22-11-21-23(18(22)26)15-6-1-12(2-7-15)3-10-16(24)25/h4-5,8-9,11-12,15H,1-3,6-7,10H2,(H3,19,20)(H,24,25). The number of nitrogens with one attached hydrogen (secondary N) is 1. The molecular weight excluding hydrogens is 334 g/mol. The number of nitrogens with two attached hydrogens (primary N) is 1. The molecule has 1 heterocycles. The normalized spacial score (nSPS) is 20.0. The van der Waals surface area contributed by atoms with E-state index in [0.717, 1.165) is 25.7 Å². The van der Waals surface area contributed by atoms with E-state index in [1.807, 2.05) is 0 Å². The van der Waals surface area contributed by atoms with Crippen LogP contribution in [0.5, 0.6) is 0 Å². The molecule has 26 heavy (non-hydrogen) atoms. The molecule has 0 spiro atoms. The van der Waals surface area contributed by atoms with Gasteiger partial charge < -0.3 is 10.8 Å². The van der Waals surface area contributed by atoms with Gasteiger partial charge in [0.2, 0.25) is 0 Å². The van der Waals surface area contributed by atoms with Gasteiger partial charge in [-0.2, -0.15) is 5.10 Å². The van der Waals surface area contributed by atoms with Crippen LogP contribution < -0.4 is 11.4 Å². The Balaban J connectivity index is 1.69. The molecule has 1 fully saturated rings. The van der Waals surface area contributed by atoms with Gasteiger partial charge in [0.25, 0.3) is 0 Å². The van der Waals surface area contributed by atoms with Crippen molar-refractivity contribution in [3.05, 3.63) is 46.6 Å². The van der Waals surface area contributed by atoms with E-state index in [9.17, 15) is 9.59 Å². The molecule has 1 saturated carbocycles. The van der Waals surface area contributed by atoms with E-state index in [4.69, 9.17) is 16.2 Å². The van der Waals surface area contributed by atoms with Crippen LogP contribution in [0.15, 0.2) is 35.4 Å². The third-order valence-corrected chi connectivity index (χ3v) is 5.08. The van der Waals surface area contributed by atoms with E-state index in [2.05, 4.69) is 5.10 Å². The number of nitrogens with zero attached hydrogens (tertiary/aromatic N) is 3. The third kappa shape index (κ3) is 3.84. The number of amidine groups is 1. The molecule has 1 aliphatic rings. The monoisotopic (exact) mass is 357 g/mol. The Kier molecular flexibility index (Phi) is 5.20. The number of aromatic nitrogens is 3. The molecule has 138 valence electrons. The SMILES string of the molecule is N=C(N)c1ccc(-n2cnn(C3CCC(CCC(=O)O)CC3)c2=O)cc1. The maximum absolute atomic E-state index is 12.7. The van der Waals surface area contributed by atoms with E-state index in [0.29, 0.717) is 23.6 Å². The Morgan fingerprint density at radius 2 is 1.88 bits per heavy atom. The van der Waals surface area contributed by atoms with E-state index in [-0.39, 0.29) is 24.0 Å². The van der Waals surface area contributed by atoms with Crippen molar-refractivity contribution in [3.63, 3.8) is 0 Å². The number of rotatable bonds is 6. The second-order valence-corrected chi connectivity index (χ2v) is 6.80. The van der Waals surface area contributed by atoms with Gasteiger partial charge in [-0.1, -0.05) is 0 Å². The summed E-state index contributed by atoms with van der Waals surface area (Å²) < 4.78 is 3.02. The van der Waals surface area contributed by atoms with Crippen LogP contribution >= 0.6 is 0 Å². The van der Waals surface area contributed by atoms with Crippen molar-refractivity contribution in [2.24, 2.45) is 11.7 Å². The second-order valence-electron chi connectivity index (χ2n) is 6.80. The zero-order valence-corrected chi connectivity index (χ0v) is 14.5. The number of carboxylic acid groups (broad SMARTS) is 1. The highest BCUT2D eigenvalue weighted by molar-refractivity contribution is 5.95. The summed E-state index contributed by atoms with van der Waals surface area (Å²) in [4.78, 5) is 23.4. The molecule has 4 N–H and O–H groups in total. The van der Waals surface area contributed by atoms with Gasteiger partial charge in [-0.25, -0.2) is 14.0 Å². The van der Waals surface area contributed by atoms with Crippen LogP contribution in [0, 0.1) is 11.3 Å². The van der Waals surface area contributed by atoms with Crippen molar-refractivity contribution >= 4 is 11.8 Å². The average molecular weight is 357 g/mol. The molecule has 0 bridgehead atoms. The van der Waals surface area contributed by atoms with Crippen LogP contribution in [0.4, 0.5) is 0 Å². The Hall–Kier alpha value is -2.90. The minimum absolute atomic E-state index is 0.0146. The first-order valence-electron chi connectivity index (χ1n) is 8.78. The van der Waals surface area contributed by atoms with Crippen LogP contribution in [0.1, 0.15) is 50.1 Å². The van der Waals surface area contributed by atoms with Crippen molar-refractivity contribution in [1.82, 2.24) is 14.3 Å². The van der Waals surface area contributed by atoms with Crippen molar-refractivity contribution in [1.29, 1.82) is 5.41 Å². The summed E-state index contributed by atoms with van der Waals surface area (Å²) >= 11 is 0. The summed E-state index contributed by atoms with van der Waals surface area (Å²) in [5, 5.41) is 20.5. The fourth-order valence-electron chi connectivity index (χ4n) is 3.55. The minimum Gasteiger partial charge on any atom is -0.481 e. The Bertz CT molecular complexity index is 844. The summed E-state index contributed by atoms with van der Waals surface area (Å²) in [6.07, 6.45) is 5.94. The quantitative estimate of drug-likeness (QED) is 0.537. The summed E-state index contributed by atoms with van der Waals surface area (Å²) in [6.45, 7) is 0. The molecule has 0 aliphatic heterocycles. The Labute approximate surface area is 150 Å². The predicted octanol–water partition coefficient (Wildman–Crippen LogP) is 1.91. The molecule has 1 aromatic heterocycles. The molecule has 0 saturated heterocycles. The molecular formula is C18H23N5O3. The highest BCUT2D eigenvalue weighted by atomic mass is 16.4. The fraction of sp³-hybridized carbons (Fsp3) is 0.444. The first kappa shape index (κ1) is 17.9. The molecule has 0 unspecified atom stereocenters. The largest absolute Gasteiger partial charge is 0.481 e. The number of carbonyl (C=O) groups is 1. The lowest BCUT2D eigenvalue weighted by molar-refractivity contribution is -0.137. The molecule has 3 rings (SSSR count). The van der Waals surface area contributed by atoms with Gasteiger partial charge in [-0.05, 0) is 62.3 Å². The zero-order valence-electron chi connectivity index (χ0n) is 14.5. The third-order valence-electron chi connectivity index (χ3n) is 5.08. The molecule has 2 aromatic rings. The fourth-order valence-corrected chi connectivity index (χ4v) is 3.55. The maximum atomic E-state index is 12.7. The molecule has 0 radical (unpaired) electrons. The first-order chi connectivity index (χ1) is 12.5. The summed E-state index contributed by atoms with van der Waals surface area (Å²) in [5.74, 6) is -0.351. The van der Waals surface area contributed by atoms with Crippen LogP contribution in [0.3, 0.4) is 0 Å². The lowest BCUT2D eigenvalue weighted by Crippen LogP contribution is -2.30. The predicted molar refractivity (Wildman–Crippen MR) is 96.7 cm³/mol. The van der Waals surface area contributed by atoms with Gasteiger partial charge >= 0.3 is 11.7 Å². The number of carboxylic acids is 1. The summed E-state index contributed by atoms with van der Waals surface area (Å²) in [7, 11) is 0. The van der Waals surface area contributed by atoms with Crippen molar-refractivity contribution < 1.29 is 9.90 Å². The highest BCUT2D eigenvalue weighted by Gasteiger charge is 2.25. The van der Waals surface area contributed by atoms with Gasteiger partial charge in [0.1, 0.15) is 12.2 Å². The molecule has 8 nitrogen and oxygen atoms in total. The molecule has 0 amide bonds. The Morgan fingerprint density at radius 1 is 1.23 bits per heavy atom. The van der Waals surface area contributed by atoms with Gasteiger partial charge in [-0.3, -0.25) is 10.2 Å². The lowest BCUT2D eigenvalue weighted by Gasteiger charge is -2.27. The smallest absolute Gasteiger partial charge is 0.350 e. The molecule has 8 heteroatoms. The minimum atomic E-state index is -0.752. The van der Waals surface area contributed by atoms with Gasteiger partial charge in [0.15, 0.2) is 0 Å². The van der Waals surface area contributed by atoms with Crippen LogP contribution in [0.2, 0.25) is 0 Å². The van der Waals surface area contributed by atoms with Crippen molar-refractivity contribution in [2.75, 3.05) is 0 Å². The molecule has 1 aliphatic carbocycles. The Morgan fingerprint density at radius 3 is 2.46 bits per heavy atom. The van der Waals surface area contributed by atoms with Crippen LogP contribution in [-0.2, 0) is 4.79 Å². The summed E-state index contributed by atoms with van der Waals surface area (Å²) in [5.41, 5.74) is 6.55. The van der Waals surface area contributed by atoms with E-state index in [1.165, 1.54) is 15.6 Å². The number of hydrogen-bond acceptors (Lipinski definition) is 4. The van der Waals surface area contributed by atoms with Crippen molar-refractivity contribution in [2.45, 2.75) is 44.6 Å². The van der Waals surface area contributed by atoms with E-state index >= 15 is 0 Å². The van der Waals surface area contributed by atoms with Crippen LogP contribution in [0.25, 0.3) is 5.69 Å². The molecule has 1 aromatic carbocycles.